The maximum atomic E-state index is 12.5. The van der Waals surface area contributed by atoms with Crippen molar-refractivity contribution in [3.63, 3.8) is 0 Å². The zero-order chi connectivity index (χ0) is 21.4. The first-order valence-electron chi connectivity index (χ1n) is 10.9. The summed E-state index contributed by atoms with van der Waals surface area (Å²) < 4.78 is 6.55. The first-order valence-corrected chi connectivity index (χ1v) is 10.9. The van der Waals surface area contributed by atoms with Crippen molar-refractivity contribution < 1.29 is 14.6 Å². The summed E-state index contributed by atoms with van der Waals surface area (Å²) in [5, 5.41) is 14.3. The average Bonchev–Trinajstić information content (AvgIpc) is 2.79. The van der Waals surface area contributed by atoms with Gasteiger partial charge in [-0.05, 0) is 70.1 Å². The highest BCUT2D eigenvalue weighted by Crippen LogP contribution is 2.50. The predicted octanol–water partition coefficient (Wildman–Crippen LogP) is 4.00. The number of aromatic nitrogens is 1. The quantitative estimate of drug-likeness (QED) is 0.802. The molecule has 30 heavy (non-hydrogen) atoms. The number of benzene rings is 1. The van der Waals surface area contributed by atoms with Crippen LogP contribution in [0.5, 0.6) is 0 Å². The molecule has 4 rings (SSSR count). The number of rotatable bonds is 4. The summed E-state index contributed by atoms with van der Waals surface area (Å²) in [6.07, 6.45) is 4.38. The van der Waals surface area contributed by atoms with E-state index in [1.54, 1.807) is 12.3 Å². The third-order valence-corrected chi connectivity index (χ3v) is 6.89. The van der Waals surface area contributed by atoms with Crippen LogP contribution in [-0.4, -0.2) is 39.8 Å². The van der Waals surface area contributed by atoms with E-state index in [2.05, 4.69) is 41.5 Å². The van der Waals surface area contributed by atoms with Crippen molar-refractivity contribution in [3.8, 4) is 0 Å². The molecule has 2 aromatic rings. The number of amides is 1. The second-order valence-corrected chi connectivity index (χ2v) is 9.52. The fraction of sp³-hybridized carbons (Fsp3) is 0.520. The minimum Gasteiger partial charge on any atom is -0.390 e. The van der Waals surface area contributed by atoms with E-state index in [1.165, 1.54) is 5.56 Å². The number of aliphatic hydroxyl groups is 1. The zero-order valence-electron chi connectivity index (χ0n) is 18.1. The van der Waals surface area contributed by atoms with Crippen molar-refractivity contribution in [3.05, 3.63) is 65.5 Å². The molecule has 2 bridgehead atoms. The summed E-state index contributed by atoms with van der Waals surface area (Å²) in [4.78, 5) is 16.7. The van der Waals surface area contributed by atoms with Crippen molar-refractivity contribution in [2.45, 2.75) is 69.7 Å². The molecule has 0 spiro atoms. The lowest BCUT2D eigenvalue weighted by atomic mass is 9.74. The molecular formula is C25H32N2O3. The van der Waals surface area contributed by atoms with Crippen molar-refractivity contribution in [2.24, 2.45) is 5.92 Å². The van der Waals surface area contributed by atoms with E-state index in [-0.39, 0.29) is 17.4 Å². The molecule has 2 saturated heterocycles. The van der Waals surface area contributed by atoms with Gasteiger partial charge in [-0.1, -0.05) is 30.3 Å². The molecule has 2 N–H and O–H groups in total. The third-order valence-electron chi connectivity index (χ3n) is 6.89. The lowest BCUT2D eigenvalue weighted by Crippen LogP contribution is -2.54. The Labute approximate surface area is 178 Å². The van der Waals surface area contributed by atoms with E-state index < -0.39 is 11.7 Å². The van der Waals surface area contributed by atoms with Crippen LogP contribution in [0.2, 0.25) is 0 Å². The Morgan fingerprint density at radius 3 is 2.67 bits per heavy atom. The Morgan fingerprint density at radius 1 is 1.20 bits per heavy atom. The Morgan fingerprint density at radius 2 is 1.97 bits per heavy atom. The summed E-state index contributed by atoms with van der Waals surface area (Å²) in [6, 6.07) is 14.2. The molecule has 1 aromatic heterocycles. The molecule has 1 amide bonds. The Kier molecular flexibility index (Phi) is 5.69. The molecule has 5 heteroatoms. The smallest absolute Gasteiger partial charge is 0.252 e. The van der Waals surface area contributed by atoms with Crippen LogP contribution in [0, 0.1) is 12.8 Å². The number of hydrogen-bond acceptors (Lipinski definition) is 4. The molecule has 5 nitrogen and oxygen atoms in total. The molecule has 0 aliphatic carbocycles. The number of carbonyl (C=O) groups is 1. The highest BCUT2D eigenvalue weighted by Gasteiger charge is 2.52. The standard InChI is InChI=1S/C25H32N2O3/c1-17-9-10-20(16-26-17)23(29)27-15-19-11-12-24(2)13-21(18-7-5-4-6-8-18)14-25(3,30-24)22(19)28/h4-10,16,19,21-22,28H,11-15H2,1-3H3,(H,27,29)/t19-,21-,22-,24-,25-/m0/s1. The second-order valence-electron chi connectivity index (χ2n) is 9.52. The zero-order valence-corrected chi connectivity index (χ0v) is 18.1. The van der Waals surface area contributed by atoms with E-state index in [1.807, 2.05) is 26.0 Å². The molecule has 160 valence electrons. The number of carbonyl (C=O) groups excluding carboxylic acids is 1. The molecule has 3 heterocycles. The Hall–Kier alpha value is -2.24. The number of pyridine rings is 1. The Bertz CT molecular complexity index is 885. The van der Waals surface area contributed by atoms with E-state index in [4.69, 9.17) is 4.74 Å². The Balaban J connectivity index is 1.48. The highest BCUT2D eigenvalue weighted by atomic mass is 16.5. The molecule has 0 saturated carbocycles. The molecular weight excluding hydrogens is 376 g/mol. The van der Waals surface area contributed by atoms with Crippen molar-refractivity contribution >= 4 is 5.91 Å². The van der Waals surface area contributed by atoms with Gasteiger partial charge in [-0.25, -0.2) is 0 Å². The normalized spacial score (nSPS) is 33.5. The van der Waals surface area contributed by atoms with E-state index >= 15 is 0 Å². The lowest BCUT2D eigenvalue weighted by Gasteiger charge is -2.49. The molecule has 1 aromatic carbocycles. The number of nitrogens with one attached hydrogen (secondary N) is 1. The molecule has 2 fully saturated rings. The van der Waals surface area contributed by atoms with E-state index in [9.17, 15) is 9.90 Å². The van der Waals surface area contributed by atoms with Gasteiger partial charge in [-0.3, -0.25) is 9.78 Å². The number of ether oxygens (including phenoxy) is 1. The molecule has 2 aliphatic rings. The van der Waals surface area contributed by atoms with Crippen LogP contribution in [0.15, 0.2) is 48.7 Å². The van der Waals surface area contributed by atoms with Crippen LogP contribution >= 0.6 is 0 Å². The summed E-state index contributed by atoms with van der Waals surface area (Å²) in [7, 11) is 0. The van der Waals surface area contributed by atoms with Gasteiger partial charge in [0.15, 0.2) is 0 Å². The van der Waals surface area contributed by atoms with Gasteiger partial charge in [0, 0.05) is 24.4 Å². The topological polar surface area (TPSA) is 71.5 Å². The van der Waals surface area contributed by atoms with Crippen LogP contribution in [0.3, 0.4) is 0 Å². The van der Waals surface area contributed by atoms with Gasteiger partial charge >= 0.3 is 0 Å². The van der Waals surface area contributed by atoms with Gasteiger partial charge in [0.25, 0.3) is 5.91 Å². The number of nitrogens with zero attached hydrogens (tertiary/aromatic N) is 1. The number of fused-ring (bicyclic) bond motifs is 2. The molecule has 0 unspecified atom stereocenters. The van der Waals surface area contributed by atoms with Crippen LogP contribution < -0.4 is 5.32 Å². The molecule has 5 atom stereocenters. The first-order chi connectivity index (χ1) is 14.3. The van der Waals surface area contributed by atoms with Crippen molar-refractivity contribution in [1.29, 1.82) is 0 Å². The largest absolute Gasteiger partial charge is 0.390 e. The highest BCUT2D eigenvalue weighted by molar-refractivity contribution is 5.93. The maximum Gasteiger partial charge on any atom is 0.252 e. The van der Waals surface area contributed by atoms with Crippen molar-refractivity contribution in [1.82, 2.24) is 10.3 Å². The van der Waals surface area contributed by atoms with Gasteiger partial charge in [0.2, 0.25) is 0 Å². The van der Waals surface area contributed by atoms with Crippen LogP contribution in [0.4, 0.5) is 0 Å². The predicted molar refractivity (Wildman–Crippen MR) is 116 cm³/mol. The van der Waals surface area contributed by atoms with Gasteiger partial charge in [0.1, 0.15) is 0 Å². The van der Waals surface area contributed by atoms with E-state index in [0.29, 0.717) is 18.0 Å². The van der Waals surface area contributed by atoms with Crippen LogP contribution in [0.1, 0.15) is 67.1 Å². The van der Waals surface area contributed by atoms with Crippen molar-refractivity contribution in [2.75, 3.05) is 6.54 Å². The fourth-order valence-electron chi connectivity index (χ4n) is 5.31. The maximum absolute atomic E-state index is 12.5. The van der Waals surface area contributed by atoms with E-state index in [0.717, 1.165) is 31.4 Å². The van der Waals surface area contributed by atoms with Gasteiger partial charge in [-0.2, -0.15) is 0 Å². The lowest BCUT2D eigenvalue weighted by molar-refractivity contribution is -0.215. The average molecular weight is 409 g/mol. The minimum atomic E-state index is -0.637. The summed E-state index contributed by atoms with van der Waals surface area (Å²) in [5.74, 6) is 0.159. The third kappa shape index (κ3) is 4.28. The molecule has 2 aliphatic heterocycles. The summed E-state index contributed by atoms with van der Waals surface area (Å²) >= 11 is 0. The first kappa shape index (κ1) is 21.0. The molecule has 0 radical (unpaired) electrons. The number of aliphatic hydroxyl groups excluding tert-OH is 1. The van der Waals surface area contributed by atoms with Gasteiger partial charge < -0.3 is 15.2 Å². The van der Waals surface area contributed by atoms with Gasteiger partial charge in [0.05, 0.1) is 22.9 Å². The number of aryl methyl sites for hydroxylation is 1. The SMILES string of the molecule is Cc1ccc(C(=O)NC[C@@H]2CC[C@@]3(C)C[C@H](c4ccccc4)C[C@](C)(O3)[C@H]2O)cn1. The fourth-order valence-corrected chi connectivity index (χ4v) is 5.31. The summed E-state index contributed by atoms with van der Waals surface area (Å²) in [6.45, 7) is 6.53. The summed E-state index contributed by atoms with van der Waals surface area (Å²) in [5.41, 5.74) is 1.83. The van der Waals surface area contributed by atoms with Crippen LogP contribution in [-0.2, 0) is 4.74 Å². The second kappa shape index (κ2) is 8.12. The monoisotopic (exact) mass is 408 g/mol. The minimum absolute atomic E-state index is 0.0475. The van der Waals surface area contributed by atoms with Gasteiger partial charge in [-0.15, -0.1) is 0 Å². The van der Waals surface area contributed by atoms with Crippen LogP contribution in [0.25, 0.3) is 0 Å². The number of hydrogen-bond donors (Lipinski definition) is 2.